The van der Waals surface area contributed by atoms with E-state index in [2.05, 4.69) is 36.6 Å². The predicted molar refractivity (Wildman–Crippen MR) is 144 cm³/mol. The van der Waals surface area contributed by atoms with E-state index in [1.165, 1.54) is 128 Å². The molecule has 2 heteroatoms. The molecule has 1 saturated carbocycles. The molecule has 0 amide bonds. The number of hydrogen-bond donors (Lipinski definition) is 0. The Labute approximate surface area is 202 Å². The molecule has 32 heavy (non-hydrogen) atoms. The molecule has 0 N–H and O–H groups in total. The van der Waals surface area contributed by atoms with Gasteiger partial charge in [-0.2, -0.15) is 0 Å². The standard InChI is InChI=1S/C30H51OS/c1-32(30(23-24-30)27-28-19-14-13-15-20-28)26-17-12-10-8-6-4-2-3-5-7-9-11-16-21-29-22-18-25-31-29/h13-15,19-20,29H,2-12,16-18,21-27H2,1H3/q+1. The summed E-state index contributed by atoms with van der Waals surface area (Å²) in [6.45, 7) is 1.01. The molecule has 1 aromatic carbocycles. The van der Waals surface area contributed by atoms with Gasteiger partial charge in [-0.1, -0.05) is 101 Å². The highest BCUT2D eigenvalue weighted by Gasteiger charge is 2.55. The van der Waals surface area contributed by atoms with Gasteiger partial charge in [0.2, 0.25) is 0 Å². The van der Waals surface area contributed by atoms with Gasteiger partial charge < -0.3 is 4.74 Å². The molecule has 182 valence electrons. The lowest BCUT2D eigenvalue weighted by Crippen LogP contribution is -2.27. The molecule has 2 fully saturated rings. The van der Waals surface area contributed by atoms with Gasteiger partial charge in [-0.15, -0.1) is 0 Å². The van der Waals surface area contributed by atoms with Gasteiger partial charge >= 0.3 is 0 Å². The van der Waals surface area contributed by atoms with Gasteiger partial charge in [0.1, 0.15) is 10.5 Å². The first-order valence-electron chi connectivity index (χ1n) is 14.1. The summed E-state index contributed by atoms with van der Waals surface area (Å²) >= 11 is 0. The quantitative estimate of drug-likeness (QED) is 0.148. The number of hydrogen-bond acceptors (Lipinski definition) is 1. The van der Waals surface area contributed by atoms with Crippen molar-refractivity contribution in [1.29, 1.82) is 0 Å². The number of ether oxygens (including phenoxy) is 1. The predicted octanol–water partition coefficient (Wildman–Crippen LogP) is 8.65. The minimum absolute atomic E-state index is 0.605. The van der Waals surface area contributed by atoms with E-state index in [1.54, 1.807) is 5.56 Å². The lowest BCUT2D eigenvalue weighted by molar-refractivity contribution is 0.102. The molecule has 2 unspecified atom stereocenters. The van der Waals surface area contributed by atoms with Crippen LogP contribution in [0.2, 0.25) is 0 Å². The number of rotatable bonds is 19. The van der Waals surface area contributed by atoms with Crippen LogP contribution in [-0.4, -0.2) is 29.5 Å². The van der Waals surface area contributed by atoms with E-state index in [0.717, 1.165) is 6.61 Å². The lowest BCUT2D eigenvalue weighted by Gasteiger charge is -2.15. The Morgan fingerprint density at radius 1 is 0.781 bits per heavy atom. The molecule has 3 rings (SSSR count). The largest absolute Gasteiger partial charge is 0.378 e. The van der Waals surface area contributed by atoms with Gasteiger partial charge in [0.05, 0.1) is 12.4 Å². The van der Waals surface area contributed by atoms with Gasteiger partial charge in [0.15, 0.2) is 0 Å². The van der Waals surface area contributed by atoms with Crippen LogP contribution in [0.15, 0.2) is 30.3 Å². The maximum atomic E-state index is 5.71. The molecule has 1 nitrogen and oxygen atoms in total. The fourth-order valence-corrected chi connectivity index (χ4v) is 7.76. The van der Waals surface area contributed by atoms with E-state index in [1.807, 2.05) is 0 Å². The molecule has 0 radical (unpaired) electrons. The highest BCUT2D eigenvalue weighted by molar-refractivity contribution is 7.97. The molecular weight excluding hydrogens is 408 g/mol. The summed E-state index contributed by atoms with van der Waals surface area (Å²) in [6, 6.07) is 11.2. The molecule has 1 saturated heterocycles. The van der Waals surface area contributed by atoms with Crippen molar-refractivity contribution in [3.63, 3.8) is 0 Å². The molecule has 2 aliphatic rings. The SMILES string of the molecule is C[S+](CCCCCCCCCCCCCCCC1CCCO1)C1(Cc2ccccc2)CC1. The molecule has 0 aromatic heterocycles. The average molecular weight is 460 g/mol. The Kier molecular flexibility index (Phi) is 12.6. The van der Waals surface area contributed by atoms with Crippen LogP contribution in [0, 0.1) is 0 Å². The van der Waals surface area contributed by atoms with Crippen LogP contribution < -0.4 is 0 Å². The van der Waals surface area contributed by atoms with Crippen LogP contribution in [0.4, 0.5) is 0 Å². The Morgan fingerprint density at radius 2 is 1.34 bits per heavy atom. The summed E-state index contributed by atoms with van der Waals surface area (Å²) < 4.78 is 6.39. The Bertz CT molecular complexity index is 576. The van der Waals surface area contributed by atoms with E-state index >= 15 is 0 Å². The Morgan fingerprint density at radius 3 is 1.88 bits per heavy atom. The number of unbranched alkanes of at least 4 members (excludes halogenated alkanes) is 12. The molecule has 1 heterocycles. The second-order valence-corrected chi connectivity index (χ2v) is 13.3. The normalized spacial score (nSPS) is 20.5. The fraction of sp³-hybridized carbons (Fsp3) is 0.800. The molecule has 1 aliphatic carbocycles. The van der Waals surface area contributed by atoms with E-state index in [0.29, 0.717) is 21.7 Å². The molecular formula is C30H51OS+. The van der Waals surface area contributed by atoms with Crippen molar-refractivity contribution in [2.45, 2.75) is 133 Å². The molecule has 0 spiro atoms. The van der Waals surface area contributed by atoms with Crippen molar-refractivity contribution in [1.82, 2.24) is 0 Å². The second kappa shape index (κ2) is 15.4. The van der Waals surface area contributed by atoms with Crippen molar-refractivity contribution >= 4 is 10.9 Å². The number of benzene rings is 1. The van der Waals surface area contributed by atoms with E-state index in [9.17, 15) is 0 Å². The summed E-state index contributed by atoms with van der Waals surface area (Å²) in [7, 11) is 0.607. The Balaban J connectivity index is 1.05. The zero-order valence-corrected chi connectivity index (χ0v) is 21.9. The van der Waals surface area contributed by atoms with E-state index < -0.39 is 0 Å². The summed E-state index contributed by atoms with van der Waals surface area (Å²) in [5.74, 6) is 1.47. The van der Waals surface area contributed by atoms with E-state index in [-0.39, 0.29) is 0 Å². The molecule has 0 bridgehead atoms. The third-order valence-corrected chi connectivity index (χ3v) is 10.8. The monoisotopic (exact) mass is 459 g/mol. The first-order valence-corrected chi connectivity index (χ1v) is 15.9. The smallest absolute Gasteiger partial charge is 0.132 e. The zero-order valence-electron chi connectivity index (χ0n) is 21.1. The lowest BCUT2D eigenvalue weighted by atomic mass is 10.0. The van der Waals surface area contributed by atoms with Crippen molar-refractivity contribution in [2.24, 2.45) is 0 Å². The van der Waals surface area contributed by atoms with Gasteiger partial charge in [-0.25, -0.2) is 0 Å². The van der Waals surface area contributed by atoms with Crippen LogP contribution in [0.1, 0.15) is 121 Å². The maximum Gasteiger partial charge on any atom is 0.132 e. The minimum Gasteiger partial charge on any atom is -0.378 e. The van der Waals surface area contributed by atoms with Gasteiger partial charge in [-0.05, 0) is 48.6 Å². The van der Waals surface area contributed by atoms with Gasteiger partial charge in [-0.3, -0.25) is 0 Å². The molecule has 1 aromatic rings. The van der Waals surface area contributed by atoms with Crippen LogP contribution in [0.5, 0.6) is 0 Å². The van der Waals surface area contributed by atoms with Crippen molar-refractivity contribution < 1.29 is 4.74 Å². The average Bonchev–Trinajstić information content (AvgIpc) is 3.40. The van der Waals surface area contributed by atoms with Gasteiger partial charge in [0, 0.05) is 25.9 Å². The minimum atomic E-state index is 0.605. The third kappa shape index (κ3) is 10.2. The first kappa shape index (κ1) is 26.1. The zero-order chi connectivity index (χ0) is 22.3. The highest BCUT2D eigenvalue weighted by atomic mass is 32.2. The Hall–Kier alpha value is -0.470. The summed E-state index contributed by atoms with van der Waals surface area (Å²) in [5.41, 5.74) is 1.55. The summed E-state index contributed by atoms with van der Waals surface area (Å²) in [6.07, 6.45) is 30.2. The van der Waals surface area contributed by atoms with Crippen LogP contribution in [0.3, 0.4) is 0 Å². The highest BCUT2D eigenvalue weighted by Crippen LogP contribution is 2.47. The second-order valence-electron chi connectivity index (χ2n) is 10.7. The van der Waals surface area contributed by atoms with Crippen molar-refractivity contribution in [3.05, 3.63) is 35.9 Å². The van der Waals surface area contributed by atoms with Crippen molar-refractivity contribution in [2.75, 3.05) is 18.6 Å². The first-order chi connectivity index (χ1) is 15.8. The summed E-state index contributed by atoms with van der Waals surface area (Å²) in [5, 5.41) is 0. The summed E-state index contributed by atoms with van der Waals surface area (Å²) in [4.78, 5) is 0. The van der Waals surface area contributed by atoms with Gasteiger partial charge in [0.25, 0.3) is 0 Å². The van der Waals surface area contributed by atoms with Crippen LogP contribution in [-0.2, 0) is 22.1 Å². The third-order valence-electron chi connectivity index (χ3n) is 7.92. The molecule has 2 atom stereocenters. The fourth-order valence-electron chi connectivity index (χ4n) is 5.48. The van der Waals surface area contributed by atoms with Crippen molar-refractivity contribution in [3.8, 4) is 0 Å². The maximum absolute atomic E-state index is 5.71. The van der Waals surface area contributed by atoms with E-state index in [4.69, 9.17) is 4.74 Å². The topological polar surface area (TPSA) is 9.23 Å². The molecule has 1 aliphatic heterocycles. The van der Waals surface area contributed by atoms with Crippen LogP contribution in [0.25, 0.3) is 0 Å². The van der Waals surface area contributed by atoms with Crippen LogP contribution >= 0.6 is 0 Å².